The summed E-state index contributed by atoms with van der Waals surface area (Å²) in [7, 11) is 1.56. The van der Waals surface area contributed by atoms with E-state index in [1.165, 1.54) is 34.4 Å². The van der Waals surface area contributed by atoms with Gasteiger partial charge in [0.25, 0.3) is 5.91 Å². The first-order chi connectivity index (χ1) is 20.5. The highest BCUT2D eigenvalue weighted by Gasteiger charge is 2.64. The molecule has 2 aliphatic heterocycles. The smallest absolute Gasteiger partial charge is 0.332 e. The number of imide groups is 1. The largest absolute Gasteiger partial charge is 0.466 e. The van der Waals surface area contributed by atoms with Crippen LogP contribution in [0.25, 0.3) is 0 Å². The molecule has 3 aromatic rings. The Kier molecular flexibility index (Phi) is 8.71. The van der Waals surface area contributed by atoms with Gasteiger partial charge in [-0.1, -0.05) is 35.3 Å². The summed E-state index contributed by atoms with van der Waals surface area (Å²) >= 11 is 13.6. The predicted octanol–water partition coefficient (Wildman–Crippen LogP) is 4.30. The number of esters is 1. The molecule has 0 radical (unpaired) electrons. The van der Waals surface area contributed by atoms with Crippen LogP contribution in [0.5, 0.6) is 0 Å². The zero-order valence-electron chi connectivity index (χ0n) is 23.2. The molecule has 1 N–H and O–H groups in total. The van der Waals surface area contributed by atoms with Gasteiger partial charge in [-0.15, -0.1) is 11.3 Å². The lowest BCUT2D eigenvalue weighted by molar-refractivity contribution is -0.142. The van der Waals surface area contributed by atoms with Crippen LogP contribution in [-0.4, -0.2) is 77.4 Å². The fourth-order valence-corrected chi connectivity index (χ4v) is 6.82. The maximum absolute atomic E-state index is 14.3. The minimum absolute atomic E-state index is 0.00204. The van der Waals surface area contributed by atoms with Gasteiger partial charge >= 0.3 is 12.0 Å². The highest BCUT2D eigenvalue weighted by atomic mass is 35.5. The molecule has 2 unspecified atom stereocenters. The third-order valence-corrected chi connectivity index (χ3v) is 8.72. The third-order valence-electron chi connectivity index (χ3n) is 7.48. The molecule has 2 saturated heterocycles. The third kappa shape index (κ3) is 5.94. The van der Waals surface area contributed by atoms with Gasteiger partial charge in [-0.3, -0.25) is 19.3 Å². The van der Waals surface area contributed by atoms with E-state index in [4.69, 9.17) is 27.9 Å². The van der Waals surface area contributed by atoms with E-state index in [1.54, 1.807) is 43.6 Å². The van der Waals surface area contributed by atoms with Gasteiger partial charge in [-0.05, 0) is 42.8 Å². The Morgan fingerprint density at radius 2 is 1.88 bits per heavy atom. The molecule has 0 saturated carbocycles. The van der Waals surface area contributed by atoms with Crippen molar-refractivity contribution in [2.45, 2.75) is 24.8 Å². The molecule has 2 fully saturated rings. The van der Waals surface area contributed by atoms with Crippen LogP contribution in [0.4, 0.5) is 15.6 Å². The maximum atomic E-state index is 14.3. The average molecular weight is 642 g/mol. The van der Waals surface area contributed by atoms with Crippen LogP contribution in [0.1, 0.15) is 29.7 Å². The molecule has 2 atom stereocenters. The number of carbonyl (C=O) groups is 4. The predicted molar refractivity (Wildman–Crippen MR) is 161 cm³/mol. The highest BCUT2D eigenvalue weighted by Crippen LogP contribution is 2.46. The van der Waals surface area contributed by atoms with Crippen molar-refractivity contribution in [3.63, 3.8) is 0 Å². The molecule has 43 heavy (non-hydrogen) atoms. The zero-order valence-corrected chi connectivity index (χ0v) is 25.5. The summed E-state index contributed by atoms with van der Waals surface area (Å²) in [6, 6.07) is 12.9. The van der Waals surface area contributed by atoms with Crippen LogP contribution in [-0.2, 0) is 25.5 Å². The number of amides is 4. The second-order valence-electron chi connectivity index (χ2n) is 10.2. The van der Waals surface area contributed by atoms with Gasteiger partial charge in [-0.2, -0.15) is 5.26 Å². The number of thiazole rings is 1. The van der Waals surface area contributed by atoms with Gasteiger partial charge in [-0.25, -0.2) is 14.7 Å². The van der Waals surface area contributed by atoms with Gasteiger partial charge in [0, 0.05) is 41.5 Å². The number of halogens is 2. The molecule has 4 amide bonds. The van der Waals surface area contributed by atoms with E-state index in [0.717, 1.165) is 10.5 Å². The number of nitriles is 1. The first-order valence-corrected chi connectivity index (χ1v) is 14.9. The second kappa shape index (κ2) is 12.3. The maximum Gasteiger partial charge on any atom is 0.332 e. The highest BCUT2D eigenvalue weighted by molar-refractivity contribution is 7.13. The minimum Gasteiger partial charge on any atom is -0.466 e. The number of likely N-dealkylation sites (N-methyl/N-ethyl adjacent to an activating group) is 1. The lowest BCUT2D eigenvalue weighted by atomic mass is 9.80. The van der Waals surface area contributed by atoms with E-state index in [9.17, 15) is 24.4 Å². The number of carbonyl (C=O) groups excluding carboxylic acids is 4. The molecule has 3 heterocycles. The molecule has 14 heteroatoms. The molecule has 2 aromatic carbocycles. The van der Waals surface area contributed by atoms with Gasteiger partial charge in [0.15, 0.2) is 5.13 Å². The molecular weight excluding hydrogens is 615 g/mol. The number of likely N-dealkylation sites (tertiary alicyclic amines) is 1. The number of nitrogens with one attached hydrogen (secondary N) is 1. The topological polar surface area (TPSA) is 136 Å². The molecular formula is C29H26Cl2N6O5S. The first-order valence-electron chi connectivity index (χ1n) is 13.3. The van der Waals surface area contributed by atoms with Gasteiger partial charge in [0.1, 0.15) is 5.54 Å². The van der Waals surface area contributed by atoms with Crippen LogP contribution in [0.15, 0.2) is 47.8 Å². The Balaban J connectivity index is 1.41. The standard InChI is InChI=1S/C29H26Cl2N6O5S/c1-3-42-25(39)11-21-15-43-27(33-21)34-24(38)14-36-13-23(18-6-4-17(12-32)5-7-18)29(16-36)26(40)37(28(41)35(29)2)22-9-19(30)8-20(31)10-22/h4-10,15,23H,3,11,13-14,16H2,1-2H3,(H,33,34,38). The number of urea groups is 1. The fourth-order valence-electron chi connectivity index (χ4n) is 5.58. The Labute approximate surface area is 261 Å². The monoisotopic (exact) mass is 640 g/mol. The van der Waals surface area contributed by atoms with Crippen LogP contribution in [0, 0.1) is 11.3 Å². The number of nitrogens with zero attached hydrogens (tertiary/aromatic N) is 5. The molecule has 1 aromatic heterocycles. The molecule has 0 aliphatic carbocycles. The molecule has 11 nitrogen and oxygen atoms in total. The number of rotatable bonds is 8. The Morgan fingerprint density at radius 1 is 1.19 bits per heavy atom. The molecule has 5 rings (SSSR count). The van der Waals surface area contributed by atoms with Crippen molar-refractivity contribution in [1.82, 2.24) is 14.8 Å². The van der Waals surface area contributed by atoms with Crippen LogP contribution in [0.2, 0.25) is 10.0 Å². The number of benzene rings is 2. The Morgan fingerprint density at radius 3 is 2.53 bits per heavy atom. The minimum atomic E-state index is -1.35. The Hall–Kier alpha value is -4.02. The lowest BCUT2D eigenvalue weighted by Crippen LogP contribution is -2.53. The van der Waals surface area contributed by atoms with Crippen molar-refractivity contribution in [3.8, 4) is 6.07 Å². The van der Waals surface area contributed by atoms with Crippen molar-refractivity contribution in [3.05, 3.63) is 74.7 Å². The summed E-state index contributed by atoms with van der Waals surface area (Å²) in [4.78, 5) is 61.4. The number of hydrogen-bond acceptors (Lipinski definition) is 9. The van der Waals surface area contributed by atoms with Gasteiger partial charge < -0.3 is 15.0 Å². The van der Waals surface area contributed by atoms with Crippen molar-refractivity contribution < 1.29 is 23.9 Å². The summed E-state index contributed by atoms with van der Waals surface area (Å²) < 4.78 is 4.95. The van der Waals surface area contributed by atoms with Gasteiger partial charge in [0.05, 0.1) is 42.6 Å². The summed E-state index contributed by atoms with van der Waals surface area (Å²) in [5, 5.41) is 14.6. The van der Waals surface area contributed by atoms with Gasteiger partial charge in [0.2, 0.25) is 5.91 Å². The number of aromatic nitrogens is 1. The van der Waals surface area contributed by atoms with Crippen molar-refractivity contribution in [2.24, 2.45) is 0 Å². The normalized spacial score (nSPS) is 20.1. The molecule has 222 valence electrons. The van der Waals surface area contributed by atoms with Crippen molar-refractivity contribution in [2.75, 3.05) is 43.5 Å². The SMILES string of the molecule is CCOC(=O)Cc1csc(NC(=O)CN2CC(c3ccc(C#N)cc3)C3(C2)C(=O)N(c2cc(Cl)cc(Cl)c2)C(=O)N3C)n1. The van der Waals surface area contributed by atoms with Crippen molar-refractivity contribution in [1.29, 1.82) is 5.26 Å². The number of ether oxygens (including phenoxy) is 1. The lowest BCUT2D eigenvalue weighted by Gasteiger charge is -2.34. The summed E-state index contributed by atoms with van der Waals surface area (Å²) in [6.45, 7) is 2.25. The Bertz CT molecular complexity index is 1620. The van der Waals surface area contributed by atoms with E-state index >= 15 is 0 Å². The van der Waals surface area contributed by atoms with E-state index in [2.05, 4.69) is 16.4 Å². The van der Waals surface area contributed by atoms with E-state index in [-0.39, 0.29) is 54.3 Å². The first kappa shape index (κ1) is 30.4. The fraction of sp³-hybridized carbons (Fsp3) is 0.310. The molecule has 0 bridgehead atoms. The van der Waals surface area contributed by atoms with Crippen molar-refractivity contribution >= 4 is 69.2 Å². The second-order valence-corrected chi connectivity index (χ2v) is 11.9. The average Bonchev–Trinajstić information content (AvgIpc) is 3.61. The zero-order chi connectivity index (χ0) is 30.9. The summed E-state index contributed by atoms with van der Waals surface area (Å²) in [5.74, 6) is -1.77. The molecule has 1 spiro atoms. The van der Waals surface area contributed by atoms with Crippen LogP contribution in [0.3, 0.4) is 0 Å². The number of hydrogen-bond donors (Lipinski definition) is 1. The van der Waals surface area contributed by atoms with E-state index in [1.807, 2.05) is 4.90 Å². The van der Waals surface area contributed by atoms with E-state index < -0.39 is 29.4 Å². The van der Waals surface area contributed by atoms with E-state index in [0.29, 0.717) is 16.4 Å². The quantitative estimate of drug-likeness (QED) is 0.284. The van der Waals surface area contributed by atoms with Crippen LogP contribution >= 0.6 is 34.5 Å². The number of anilines is 2. The molecule has 2 aliphatic rings. The summed E-state index contributed by atoms with van der Waals surface area (Å²) in [5.41, 5.74) is 0.569. The van der Waals surface area contributed by atoms with Crippen LogP contribution < -0.4 is 10.2 Å². The summed E-state index contributed by atoms with van der Waals surface area (Å²) in [6.07, 6.45) is -0.00204.